The van der Waals surface area contributed by atoms with Crippen LogP contribution in [0, 0.1) is 0 Å². The van der Waals surface area contributed by atoms with E-state index < -0.39 is 0 Å². The van der Waals surface area contributed by atoms with E-state index in [0.29, 0.717) is 23.0 Å². The SMILES string of the molecule is O=c1[nH]c(CN2CCC[C@@H]2c2noc(C3CC3)n2)nc2ccsc12. The van der Waals surface area contributed by atoms with Crippen molar-refractivity contribution in [2.75, 3.05) is 6.54 Å². The minimum atomic E-state index is -0.0590. The average Bonchev–Trinajstić information content (AvgIpc) is 3.00. The first-order chi connectivity index (χ1) is 11.8. The molecule has 1 aliphatic heterocycles. The normalized spacial score (nSPS) is 21.8. The molecule has 124 valence electrons. The number of hydrogen-bond donors (Lipinski definition) is 1. The molecule has 5 rings (SSSR count). The minimum absolute atomic E-state index is 0.0590. The van der Waals surface area contributed by atoms with E-state index in [1.54, 1.807) is 0 Å². The van der Waals surface area contributed by atoms with Crippen molar-refractivity contribution in [3.05, 3.63) is 39.3 Å². The van der Waals surface area contributed by atoms with Gasteiger partial charge in [0.15, 0.2) is 5.82 Å². The van der Waals surface area contributed by atoms with E-state index in [1.807, 2.05) is 11.4 Å². The highest BCUT2D eigenvalue weighted by Crippen LogP contribution is 2.40. The van der Waals surface area contributed by atoms with Crippen molar-refractivity contribution in [1.29, 1.82) is 0 Å². The summed E-state index contributed by atoms with van der Waals surface area (Å²) in [6.07, 6.45) is 4.40. The van der Waals surface area contributed by atoms with Crippen molar-refractivity contribution < 1.29 is 4.52 Å². The first kappa shape index (κ1) is 14.3. The zero-order valence-electron chi connectivity index (χ0n) is 13.1. The lowest BCUT2D eigenvalue weighted by molar-refractivity contribution is 0.228. The third kappa shape index (κ3) is 2.46. The fourth-order valence-electron chi connectivity index (χ4n) is 3.38. The van der Waals surface area contributed by atoms with Crippen LogP contribution < -0.4 is 5.56 Å². The van der Waals surface area contributed by atoms with Crippen LogP contribution >= 0.6 is 11.3 Å². The van der Waals surface area contributed by atoms with Crippen LogP contribution in [0.5, 0.6) is 0 Å². The van der Waals surface area contributed by atoms with Gasteiger partial charge in [0.2, 0.25) is 5.89 Å². The van der Waals surface area contributed by atoms with Crippen LogP contribution in [-0.4, -0.2) is 31.6 Å². The molecule has 8 heteroatoms. The summed E-state index contributed by atoms with van der Waals surface area (Å²) in [4.78, 5) is 26.5. The monoisotopic (exact) mass is 343 g/mol. The molecule has 1 saturated carbocycles. The lowest BCUT2D eigenvalue weighted by Crippen LogP contribution is -2.26. The van der Waals surface area contributed by atoms with Crippen LogP contribution in [0.3, 0.4) is 0 Å². The molecule has 4 heterocycles. The molecule has 3 aromatic rings. The molecule has 1 saturated heterocycles. The summed E-state index contributed by atoms with van der Waals surface area (Å²) in [6, 6.07) is 2.03. The second kappa shape index (κ2) is 5.49. The molecule has 0 unspecified atom stereocenters. The fourth-order valence-corrected chi connectivity index (χ4v) is 4.10. The number of hydrogen-bond acceptors (Lipinski definition) is 7. The largest absolute Gasteiger partial charge is 0.339 e. The van der Waals surface area contributed by atoms with Gasteiger partial charge in [-0.1, -0.05) is 5.16 Å². The van der Waals surface area contributed by atoms with Gasteiger partial charge in [-0.3, -0.25) is 9.69 Å². The zero-order chi connectivity index (χ0) is 16.1. The average molecular weight is 343 g/mol. The number of aromatic nitrogens is 4. The van der Waals surface area contributed by atoms with E-state index in [2.05, 4.69) is 25.0 Å². The van der Waals surface area contributed by atoms with Crippen LogP contribution in [0.15, 0.2) is 20.8 Å². The summed E-state index contributed by atoms with van der Waals surface area (Å²) in [5.74, 6) is 2.72. The van der Waals surface area contributed by atoms with Gasteiger partial charge in [0.25, 0.3) is 5.56 Å². The first-order valence-electron chi connectivity index (χ1n) is 8.32. The van der Waals surface area contributed by atoms with Crippen molar-refractivity contribution in [2.45, 2.75) is 44.2 Å². The van der Waals surface area contributed by atoms with Gasteiger partial charge in [-0.25, -0.2) is 4.98 Å². The van der Waals surface area contributed by atoms with Crippen molar-refractivity contribution in [2.24, 2.45) is 0 Å². The summed E-state index contributed by atoms with van der Waals surface area (Å²) in [5.41, 5.74) is 0.710. The van der Waals surface area contributed by atoms with E-state index in [4.69, 9.17) is 4.52 Å². The Morgan fingerprint density at radius 3 is 3.12 bits per heavy atom. The van der Waals surface area contributed by atoms with Crippen LogP contribution in [0.4, 0.5) is 0 Å². The number of rotatable bonds is 4. The number of H-pyrrole nitrogens is 1. The second-order valence-corrected chi connectivity index (χ2v) is 7.46. The van der Waals surface area contributed by atoms with Gasteiger partial charge in [0.1, 0.15) is 10.5 Å². The van der Waals surface area contributed by atoms with E-state index in [0.717, 1.165) is 49.5 Å². The number of fused-ring (bicyclic) bond motifs is 1. The minimum Gasteiger partial charge on any atom is -0.339 e. The number of nitrogens with one attached hydrogen (secondary N) is 1. The predicted molar refractivity (Wildman–Crippen MR) is 88.9 cm³/mol. The highest BCUT2D eigenvalue weighted by molar-refractivity contribution is 7.17. The van der Waals surface area contributed by atoms with Crippen molar-refractivity contribution in [3.8, 4) is 0 Å². The number of aromatic amines is 1. The maximum atomic E-state index is 12.1. The predicted octanol–water partition coefficient (Wildman–Crippen LogP) is 2.58. The third-order valence-electron chi connectivity index (χ3n) is 4.76. The Morgan fingerprint density at radius 1 is 1.33 bits per heavy atom. The number of thiophene rings is 1. The molecule has 3 aromatic heterocycles. The quantitative estimate of drug-likeness (QED) is 0.783. The second-order valence-electron chi connectivity index (χ2n) is 6.54. The molecular formula is C16H17N5O2S. The van der Waals surface area contributed by atoms with Gasteiger partial charge in [-0.15, -0.1) is 11.3 Å². The van der Waals surface area contributed by atoms with Crippen molar-refractivity contribution >= 4 is 21.6 Å². The summed E-state index contributed by atoms with van der Waals surface area (Å²) in [7, 11) is 0. The molecule has 7 nitrogen and oxygen atoms in total. The Bertz CT molecular complexity index is 941. The molecule has 0 bridgehead atoms. The molecule has 2 fully saturated rings. The molecule has 0 amide bonds. The van der Waals surface area contributed by atoms with E-state index in [-0.39, 0.29) is 11.6 Å². The Hall–Kier alpha value is -2.06. The summed E-state index contributed by atoms with van der Waals surface area (Å²) < 4.78 is 6.09. The molecule has 24 heavy (non-hydrogen) atoms. The molecule has 1 atom stereocenters. The lowest BCUT2D eigenvalue weighted by atomic mass is 10.2. The highest BCUT2D eigenvalue weighted by Gasteiger charge is 2.34. The summed E-state index contributed by atoms with van der Waals surface area (Å²) in [6.45, 7) is 1.54. The third-order valence-corrected chi connectivity index (χ3v) is 5.66. The maximum absolute atomic E-state index is 12.1. The van der Waals surface area contributed by atoms with Crippen LogP contribution in [0.25, 0.3) is 10.2 Å². The van der Waals surface area contributed by atoms with Crippen LogP contribution in [-0.2, 0) is 6.54 Å². The topological polar surface area (TPSA) is 87.9 Å². The Morgan fingerprint density at radius 2 is 2.25 bits per heavy atom. The van der Waals surface area contributed by atoms with E-state index >= 15 is 0 Å². The van der Waals surface area contributed by atoms with Crippen molar-refractivity contribution in [1.82, 2.24) is 25.0 Å². The van der Waals surface area contributed by atoms with Gasteiger partial charge in [0, 0.05) is 5.92 Å². The molecule has 1 N–H and O–H groups in total. The summed E-state index contributed by atoms with van der Waals surface area (Å²) in [5, 5.41) is 6.09. The van der Waals surface area contributed by atoms with E-state index in [1.165, 1.54) is 11.3 Å². The van der Waals surface area contributed by atoms with Crippen LogP contribution in [0.1, 0.15) is 55.2 Å². The van der Waals surface area contributed by atoms with Crippen molar-refractivity contribution in [3.63, 3.8) is 0 Å². The molecule has 0 radical (unpaired) electrons. The van der Waals surface area contributed by atoms with Gasteiger partial charge in [-0.05, 0) is 43.7 Å². The van der Waals surface area contributed by atoms with Gasteiger partial charge >= 0.3 is 0 Å². The number of nitrogens with zero attached hydrogens (tertiary/aromatic N) is 4. The molecule has 0 spiro atoms. The Labute approximate surface area is 141 Å². The first-order valence-corrected chi connectivity index (χ1v) is 9.20. The van der Waals surface area contributed by atoms with E-state index in [9.17, 15) is 4.79 Å². The maximum Gasteiger partial charge on any atom is 0.268 e. The smallest absolute Gasteiger partial charge is 0.268 e. The zero-order valence-corrected chi connectivity index (χ0v) is 13.9. The summed E-state index contributed by atoms with van der Waals surface area (Å²) >= 11 is 1.42. The number of likely N-dealkylation sites (tertiary alicyclic amines) is 1. The molecular weight excluding hydrogens is 326 g/mol. The lowest BCUT2D eigenvalue weighted by Gasteiger charge is -2.20. The molecule has 2 aliphatic rings. The Balaban J connectivity index is 1.40. The Kier molecular flexibility index (Phi) is 3.27. The standard InChI is InChI=1S/C16H17N5O2S/c22-15-13-10(5-7-24-13)17-12(18-15)8-21-6-1-2-11(21)14-19-16(23-20-14)9-3-4-9/h5,7,9,11H,1-4,6,8H2,(H,17,18,22)/t11-/m1/s1. The van der Waals surface area contributed by atoms with Gasteiger partial charge in [0.05, 0.1) is 18.1 Å². The van der Waals surface area contributed by atoms with Gasteiger partial charge < -0.3 is 9.51 Å². The van der Waals surface area contributed by atoms with Crippen LogP contribution in [0.2, 0.25) is 0 Å². The highest BCUT2D eigenvalue weighted by atomic mass is 32.1. The molecule has 0 aromatic carbocycles. The fraction of sp³-hybridized carbons (Fsp3) is 0.500. The molecule has 1 aliphatic carbocycles. The van der Waals surface area contributed by atoms with Gasteiger partial charge in [-0.2, -0.15) is 4.98 Å².